The van der Waals surface area contributed by atoms with Crippen LogP contribution in [0.1, 0.15) is 18.1 Å². The Labute approximate surface area is 219 Å². The Morgan fingerprint density at radius 2 is 1.63 bits per heavy atom. The number of benzene rings is 3. The molecule has 0 unspecified atom stereocenters. The van der Waals surface area contributed by atoms with Crippen molar-refractivity contribution in [3.05, 3.63) is 92.4 Å². The van der Waals surface area contributed by atoms with Crippen molar-refractivity contribution in [3.63, 3.8) is 0 Å². The summed E-state index contributed by atoms with van der Waals surface area (Å²) in [7, 11) is 0. The predicted molar refractivity (Wildman–Crippen MR) is 139 cm³/mol. The number of hydrogen-bond donors (Lipinski definition) is 1. The number of anilines is 1. The number of nitrogens with one attached hydrogen (secondary N) is 1. The lowest BCUT2D eigenvalue weighted by atomic mass is 10.1. The first-order valence-corrected chi connectivity index (χ1v) is 12.3. The molecule has 4 rings (SSSR count). The number of imide groups is 2. The number of amides is 4. The van der Waals surface area contributed by atoms with Gasteiger partial charge in [0.2, 0.25) is 0 Å². The van der Waals surface area contributed by atoms with E-state index in [1.54, 1.807) is 42.5 Å². The number of rotatable bonds is 7. The molecule has 0 radical (unpaired) electrons. The van der Waals surface area contributed by atoms with Gasteiger partial charge in [0.05, 0.1) is 16.8 Å². The molecule has 1 aliphatic rings. The highest BCUT2D eigenvalue weighted by atomic mass is 79.9. The van der Waals surface area contributed by atoms with Crippen molar-refractivity contribution in [2.45, 2.75) is 13.5 Å². The van der Waals surface area contributed by atoms with Crippen LogP contribution in [-0.2, 0) is 16.2 Å². The highest BCUT2D eigenvalue weighted by Crippen LogP contribution is 2.29. The molecule has 1 heterocycles. The van der Waals surface area contributed by atoms with Crippen LogP contribution in [0.25, 0.3) is 6.08 Å². The van der Waals surface area contributed by atoms with Gasteiger partial charge in [-0.05, 0) is 88.6 Å². The first-order chi connectivity index (χ1) is 16.9. The van der Waals surface area contributed by atoms with Gasteiger partial charge in [-0.1, -0.05) is 34.1 Å². The minimum absolute atomic E-state index is 0.158. The van der Waals surface area contributed by atoms with E-state index in [0.29, 0.717) is 40.4 Å². The minimum Gasteiger partial charge on any atom is -0.494 e. The van der Waals surface area contributed by atoms with Gasteiger partial charge in [-0.2, -0.15) is 0 Å². The van der Waals surface area contributed by atoms with Gasteiger partial charge >= 0.3 is 6.03 Å². The number of nitrogens with zero attached hydrogens (tertiary/aromatic N) is 1. The monoisotopic (exact) mass is 598 g/mol. The zero-order valence-corrected chi connectivity index (χ0v) is 21.8. The van der Waals surface area contributed by atoms with E-state index in [0.717, 1.165) is 14.9 Å². The molecule has 0 aliphatic carbocycles. The fraction of sp³-hybridized carbons (Fsp3) is 0.115. The van der Waals surface area contributed by atoms with Crippen molar-refractivity contribution in [3.8, 4) is 11.5 Å². The third-order valence-corrected chi connectivity index (χ3v) is 6.23. The second-order valence-corrected chi connectivity index (χ2v) is 9.26. The zero-order chi connectivity index (χ0) is 24.9. The maximum Gasteiger partial charge on any atom is 0.335 e. The summed E-state index contributed by atoms with van der Waals surface area (Å²) in [5.74, 6) is -0.246. The van der Waals surface area contributed by atoms with Crippen LogP contribution in [0.4, 0.5) is 10.5 Å². The van der Waals surface area contributed by atoms with E-state index in [1.807, 2.05) is 31.2 Å². The maximum atomic E-state index is 13.1. The van der Waals surface area contributed by atoms with Crippen LogP contribution in [0.5, 0.6) is 11.5 Å². The van der Waals surface area contributed by atoms with Crippen LogP contribution in [0.3, 0.4) is 0 Å². The summed E-state index contributed by atoms with van der Waals surface area (Å²) >= 11 is 6.89. The Morgan fingerprint density at radius 3 is 2.29 bits per heavy atom. The Kier molecular flexibility index (Phi) is 7.67. The molecule has 0 bridgehead atoms. The van der Waals surface area contributed by atoms with Gasteiger partial charge in [0.1, 0.15) is 23.7 Å². The van der Waals surface area contributed by atoms with Gasteiger partial charge in [-0.3, -0.25) is 14.9 Å². The summed E-state index contributed by atoms with van der Waals surface area (Å²) in [6.45, 7) is 2.73. The summed E-state index contributed by atoms with van der Waals surface area (Å²) in [6.07, 6.45) is 1.44. The van der Waals surface area contributed by atoms with E-state index in [2.05, 4.69) is 37.2 Å². The van der Waals surface area contributed by atoms with Crippen molar-refractivity contribution >= 4 is 61.5 Å². The summed E-state index contributed by atoms with van der Waals surface area (Å²) in [6, 6.07) is 18.7. The first kappa shape index (κ1) is 24.7. The fourth-order valence-corrected chi connectivity index (χ4v) is 4.16. The van der Waals surface area contributed by atoms with Crippen molar-refractivity contribution in [1.82, 2.24) is 5.32 Å². The molecule has 0 aromatic heterocycles. The van der Waals surface area contributed by atoms with Gasteiger partial charge in [-0.25, -0.2) is 9.69 Å². The Balaban J connectivity index is 1.53. The molecule has 7 nitrogen and oxygen atoms in total. The standard InChI is InChI=1S/C26H20Br2N2O5/c1-2-34-20-10-8-19(9-11-20)30-25(32)21(24(31)29-26(30)33)13-17-5-12-23(22(28)14-17)35-15-16-3-6-18(27)7-4-16/h3-14H,2,15H2,1H3,(H,29,31,33)/b21-13+. The quantitative estimate of drug-likeness (QED) is 0.272. The molecule has 3 aromatic carbocycles. The lowest BCUT2D eigenvalue weighted by Gasteiger charge is -2.26. The van der Waals surface area contributed by atoms with Gasteiger partial charge in [0, 0.05) is 4.47 Å². The van der Waals surface area contributed by atoms with Gasteiger partial charge in [-0.15, -0.1) is 0 Å². The maximum absolute atomic E-state index is 13.1. The van der Waals surface area contributed by atoms with Crippen molar-refractivity contribution in [2.24, 2.45) is 0 Å². The Bertz CT molecular complexity index is 1300. The number of ether oxygens (including phenoxy) is 2. The smallest absolute Gasteiger partial charge is 0.335 e. The van der Waals surface area contributed by atoms with E-state index >= 15 is 0 Å². The topological polar surface area (TPSA) is 84.9 Å². The van der Waals surface area contributed by atoms with Gasteiger partial charge in [0.25, 0.3) is 11.8 Å². The van der Waals surface area contributed by atoms with Crippen LogP contribution in [-0.4, -0.2) is 24.5 Å². The lowest BCUT2D eigenvalue weighted by Crippen LogP contribution is -2.54. The Hall–Kier alpha value is -3.43. The molecule has 0 saturated carbocycles. The number of halogens is 2. The molecule has 1 N–H and O–H groups in total. The molecular formula is C26H20Br2N2O5. The normalized spacial score (nSPS) is 14.8. The van der Waals surface area contributed by atoms with E-state index < -0.39 is 17.8 Å². The van der Waals surface area contributed by atoms with Crippen molar-refractivity contribution in [2.75, 3.05) is 11.5 Å². The van der Waals surface area contributed by atoms with Crippen LogP contribution < -0.4 is 19.7 Å². The second kappa shape index (κ2) is 10.9. The first-order valence-electron chi connectivity index (χ1n) is 10.7. The molecule has 35 heavy (non-hydrogen) atoms. The molecule has 1 saturated heterocycles. The lowest BCUT2D eigenvalue weighted by molar-refractivity contribution is -0.122. The SMILES string of the molecule is CCOc1ccc(N2C(=O)NC(=O)/C(=C\c3ccc(OCc4ccc(Br)cc4)c(Br)c3)C2=O)cc1. The van der Waals surface area contributed by atoms with E-state index in [-0.39, 0.29) is 5.57 Å². The zero-order valence-electron chi connectivity index (χ0n) is 18.6. The summed E-state index contributed by atoms with van der Waals surface area (Å²) in [5, 5.41) is 2.22. The van der Waals surface area contributed by atoms with Crippen LogP contribution >= 0.6 is 31.9 Å². The summed E-state index contributed by atoms with van der Waals surface area (Å²) < 4.78 is 12.9. The predicted octanol–water partition coefficient (Wildman–Crippen LogP) is 5.86. The van der Waals surface area contributed by atoms with Gasteiger partial charge in [0.15, 0.2) is 0 Å². The van der Waals surface area contributed by atoms with E-state index in [1.165, 1.54) is 6.08 Å². The second-order valence-electron chi connectivity index (χ2n) is 7.49. The van der Waals surface area contributed by atoms with Crippen molar-refractivity contribution in [1.29, 1.82) is 0 Å². The van der Waals surface area contributed by atoms with Gasteiger partial charge < -0.3 is 9.47 Å². The molecule has 0 atom stereocenters. The minimum atomic E-state index is -0.806. The fourth-order valence-electron chi connectivity index (χ4n) is 3.38. The largest absolute Gasteiger partial charge is 0.494 e. The highest BCUT2D eigenvalue weighted by molar-refractivity contribution is 9.10. The Morgan fingerprint density at radius 1 is 0.914 bits per heavy atom. The van der Waals surface area contributed by atoms with E-state index in [4.69, 9.17) is 9.47 Å². The van der Waals surface area contributed by atoms with Crippen LogP contribution in [0.15, 0.2) is 81.2 Å². The number of carbonyl (C=O) groups excluding carboxylic acids is 3. The molecule has 1 fully saturated rings. The molecular weight excluding hydrogens is 580 g/mol. The van der Waals surface area contributed by atoms with Crippen LogP contribution in [0, 0.1) is 0 Å². The molecule has 1 aliphatic heterocycles. The number of carbonyl (C=O) groups is 3. The average molecular weight is 600 g/mol. The molecule has 9 heteroatoms. The van der Waals surface area contributed by atoms with Crippen LogP contribution in [0.2, 0.25) is 0 Å². The third kappa shape index (κ3) is 5.80. The molecule has 178 valence electrons. The number of barbiturate groups is 1. The third-order valence-electron chi connectivity index (χ3n) is 5.08. The number of urea groups is 1. The number of hydrogen-bond acceptors (Lipinski definition) is 5. The van der Waals surface area contributed by atoms with E-state index in [9.17, 15) is 14.4 Å². The summed E-state index contributed by atoms with van der Waals surface area (Å²) in [5.41, 5.74) is 1.77. The highest BCUT2D eigenvalue weighted by Gasteiger charge is 2.36. The molecule has 0 spiro atoms. The summed E-state index contributed by atoms with van der Waals surface area (Å²) in [4.78, 5) is 38.9. The molecule has 3 aromatic rings. The molecule has 4 amide bonds. The average Bonchev–Trinajstić information content (AvgIpc) is 2.83. The van der Waals surface area contributed by atoms with Crippen molar-refractivity contribution < 1.29 is 23.9 Å².